The number of carbonyl (C=O) groups is 1. The van der Waals surface area contributed by atoms with E-state index in [0.717, 1.165) is 42.0 Å². The SMILES string of the molecule is CC(C)C[C@@H](NC(=O)NC1CCC(CCN2[C@@H]3CCC[C@H]2CC3)CC1)C(O)(c1ccccc1)c1ccccc1. The predicted octanol–water partition coefficient (Wildman–Crippen LogP) is 6.60. The molecule has 212 valence electrons. The molecule has 0 spiro atoms. The fourth-order valence-electron chi connectivity index (χ4n) is 7.66. The minimum absolute atomic E-state index is 0.167. The highest BCUT2D eigenvalue weighted by molar-refractivity contribution is 5.75. The Kier molecular flexibility index (Phi) is 9.29. The van der Waals surface area contributed by atoms with Crippen LogP contribution in [0.1, 0.15) is 95.6 Å². The number of rotatable bonds is 10. The summed E-state index contributed by atoms with van der Waals surface area (Å²) in [7, 11) is 0. The van der Waals surface area contributed by atoms with E-state index < -0.39 is 11.6 Å². The molecule has 2 aromatic rings. The van der Waals surface area contributed by atoms with Gasteiger partial charge in [-0.05, 0) is 93.7 Å². The van der Waals surface area contributed by atoms with E-state index in [2.05, 4.69) is 29.4 Å². The summed E-state index contributed by atoms with van der Waals surface area (Å²) in [5.41, 5.74) is 0.268. The zero-order valence-electron chi connectivity index (χ0n) is 24.0. The first-order valence-corrected chi connectivity index (χ1v) is 15.6. The second-order valence-corrected chi connectivity index (χ2v) is 12.9. The summed E-state index contributed by atoms with van der Waals surface area (Å²) in [5.74, 6) is 1.09. The van der Waals surface area contributed by atoms with Crippen molar-refractivity contribution in [3.8, 4) is 0 Å². The minimum atomic E-state index is -1.32. The highest BCUT2D eigenvalue weighted by atomic mass is 16.3. The Hall–Kier alpha value is -2.37. The molecule has 2 aliphatic heterocycles. The van der Waals surface area contributed by atoms with Crippen molar-refractivity contribution in [1.29, 1.82) is 0 Å². The normalized spacial score (nSPS) is 26.4. The molecule has 5 nitrogen and oxygen atoms in total. The van der Waals surface area contributed by atoms with Crippen molar-refractivity contribution in [3.05, 3.63) is 71.8 Å². The fraction of sp³-hybridized carbons (Fsp3) is 0.618. The number of hydrogen-bond acceptors (Lipinski definition) is 3. The second-order valence-electron chi connectivity index (χ2n) is 12.9. The third-order valence-electron chi connectivity index (χ3n) is 9.77. The third-order valence-corrected chi connectivity index (χ3v) is 9.77. The van der Waals surface area contributed by atoms with Crippen LogP contribution in [-0.4, -0.2) is 46.7 Å². The first-order valence-electron chi connectivity index (χ1n) is 15.6. The molecule has 1 saturated carbocycles. The fourth-order valence-corrected chi connectivity index (χ4v) is 7.66. The molecule has 2 bridgehead atoms. The van der Waals surface area contributed by atoms with E-state index in [1.165, 1.54) is 57.9 Å². The number of urea groups is 1. The summed E-state index contributed by atoms with van der Waals surface area (Å²) >= 11 is 0. The minimum Gasteiger partial charge on any atom is -0.378 e. The molecule has 0 unspecified atom stereocenters. The molecular weight excluding hydrogens is 482 g/mol. The van der Waals surface area contributed by atoms with Gasteiger partial charge in [0.05, 0.1) is 6.04 Å². The Morgan fingerprint density at radius 3 is 1.97 bits per heavy atom. The lowest BCUT2D eigenvalue weighted by molar-refractivity contribution is 0.0327. The van der Waals surface area contributed by atoms with Gasteiger partial charge in [-0.3, -0.25) is 4.90 Å². The molecule has 3 aliphatic rings. The molecule has 3 fully saturated rings. The van der Waals surface area contributed by atoms with Crippen LogP contribution in [0.4, 0.5) is 4.79 Å². The summed E-state index contributed by atoms with van der Waals surface area (Å²) in [6, 6.07) is 20.8. The molecule has 0 radical (unpaired) electrons. The van der Waals surface area contributed by atoms with Crippen molar-refractivity contribution in [1.82, 2.24) is 15.5 Å². The van der Waals surface area contributed by atoms with E-state index in [1.54, 1.807) is 0 Å². The number of aliphatic hydroxyl groups is 1. The first-order chi connectivity index (χ1) is 18.9. The Morgan fingerprint density at radius 2 is 1.44 bits per heavy atom. The highest BCUT2D eigenvalue weighted by Gasteiger charge is 2.42. The number of carbonyl (C=O) groups excluding carboxylic acids is 1. The van der Waals surface area contributed by atoms with Gasteiger partial charge in [-0.2, -0.15) is 0 Å². The molecule has 1 aliphatic carbocycles. The van der Waals surface area contributed by atoms with Gasteiger partial charge in [0, 0.05) is 18.1 Å². The van der Waals surface area contributed by atoms with E-state index in [0.29, 0.717) is 12.3 Å². The van der Waals surface area contributed by atoms with Gasteiger partial charge in [-0.1, -0.05) is 80.9 Å². The topological polar surface area (TPSA) is 64.6 Å². The van der Waals surface area contributed by atoms with Crippen LogP contribution in [-0.2, 0) is 5.60 Å². The molecule has 3 N–H and O–H groups in total. The van der Waals surface area contributed by atoms with Crippen LogP contribution in [0, 0.1) is 11.8 Å². The van der Waals surface area contributed by atoms with Crippen molar-refractivity contribution >= 4 is 6.03 Å². The van der Waals surface area contributed by atoms with Crippen molar-refractivity contribution in [2.75, 3.05) is 6.54 Å². The Bertz CT molecular complexity index is 979. The Balaban J connectivity index is 1.18. The molecule has 5 heteroatoms. The van der Waals surface area contributed by atoms with Gasteiger partial charge in [0.1, 0.15) is 5.60 Å². The molecule has 2 saturated heterocycles. The largest absolute Gasteiger partial charge is 0.378 e. The van der Waals surface area contributed by atoms with Gasteiger partial charge < -0.3 is 15.7 Å². The molecular formula is C34H49N3O2. The number of piperidine rings is 1. The number of nitrogens with zero attached hydrogens (tertiary/aromatic N) is 1. The van der Waals surface area contributed by atoms with E-state index >= 15 is 0 Å². The number of nitrogens with one attached hydrogen (secondary N) is 2. The molecule has 2 heterocycles. The van der Waals surface area contributed by atoms with Gasteiger partial charge in [0.15, 0.2) is 0 Å². The lowest BCUT2D eigenvalue weighted by Crippen LogP contribution is -2.56. The molecule has 0 aromatic heterocycles. The summed E-state index contributed by atoms with van der Waals surface area (Å²) in [5, 5.41) is 18.8. The summed E-state index contributed by atoms with van der Waals surface area (Å²) < 4.78 is 0. The zero-order valence-corrected chi connectivity index (χ0v) is 24.0. The Morgan fingerprint density at radius 1 is 0.872 bits per heavy atom. The summed E-state index contributed by atoms with van der Waals surface area (Å²) in [4.78, 5) is 16.2. The van der Waals surface area contributed by atoms with Crippen LogP contribution in [0.5, 0.6) is 0 Å². The predicted molar refractivity (Wildman–Crippen MR) is 159 cm³/mol. The molecule has 3 atom stereocenters. The molecule has 5 rings (SSSR count). The van der Waals surface area contributed by atoms with Crippen LogP contribution in [0.15, 0.2) is 60.7 Å². The van der Waals surface area contributed by atoms with Gasteiger partial charge in [0.2, 0.25) is 0 Å². The van der Waals surface area contributed by atoms with Crippen molar-refractivity contribution in [2.24, 2.45) is 11.8 Å². The quantitative estimate of drug-likeness (QED) is 0.324. The highest BCUT2D eigenvalue weighted by Crippen LogP contribution is 2.38. The number of benzene rings is 2. The van der Waals surface area contributed by atoms with Crippen LogP contribution < -0.4 is 10.6 Å². The van der Waals surface area contributed by atoms with E-state index in [4.69, 9.17) is 0 Å². The average molecular weight is 532 g/mol. The summed E-state index contributed by atoms with van der Waals surface area (Å²) in [6.07, 6.45) is 13.5. The van der Waals surface area contributed by atoms with Crippen molar-refractivity contribution < 1.29 is 9.90 Å². The average Bonchev–Trinajstić information content (AvgIpc) is 3.17. The molecule has 2 aromatic carbocycles. The van der Waals surface area contributed by atoms with E-state index in [1.807, 2.05) is 60.7 Å². The number of hydrogen-bond donors (Lipinski definition) is 3. The standard InChI is InChI=1S/C34H49N3O2/c1-25(2)24-32(34(39,27-10-5-3-6-11-27)28-12-7-4-8-13-28)36-33(38)35-29-18-16-26(17-19-29)22-23-37-30-14-9-15-31(37)21-20-30/h3-8,10-13,25-26,29-32,39H,9,14-24H2,1-2H3,(H2,35,36,38)/t26?,29?,30-,31+,32-/m1/s1. The maximum Gasteiger partial charge on any atom is 0.315 e. The zero-order chi connectivity index (χ0) is 27.2. The van der Waals surface area contributed by atoms with Gasteiger partial charge >= 0.3 is 6.03 Å². The van der Waals surface area contributed by atoms with Gasteiger partial charge in [0.25, 0.3) is 0 Å². The van der Waals surface area contributed by atoms with Crippen molar-refractivity contribution in [2.45, 2.75) is 114 Å². The second kappa shape index (κ2) is 12.9. The van der Waals surface area contributed by atoms with Crippen molar-refractivity contribution in [3.63, 3.8) is 0 Å². The maximum absolute atomic E-state index is 13.4. The summed E-state index contributed by atoms with van der Waals surface area (Å²) in [6.45, 7) is 5.55. The number of fused-ring (bicyclic) bond motifs is 2. The number of amides is 2. The first kappa shape index (κ1) is 28.2. The van der Waals surface area contributed by atoms with Crippen LogP contribution in [0.2, 0.25) is 0 Å². The molecule has 39 heavy (non-hydrogen) atoms. The monoisotopic (exact) mass is 531 g/mol. The molecule has 2 amide bonds. The Labute approximate surface area is 235 Å². The third kappa shape index (κ3) is 6.69. The smallest absolute Gasteiger partial charge is 0.315 e. The van der Waals surface area contributed by atoms with Crippen LogP contribution in [0.25, 0.3) is 0 Å². The van der Waals surface area contributed by atoms with Crippen LogP contribution in [0.3, 0.4) is 0 Å². The lowest BCUT2D eigenvalue weighted by Gasteiger charge is -2.39. The lowest BCUT2D eigenvalue weighted by atomic mass is 9.77. The van der Waals surface area contributed by atoms with Gasteiger partial charge in [-0.25, -0.2) is 4.79 Å². The van der Waals surface area contributed by atoms with E-state index in [9.17, 15) is 9.90 Å². The van der Waals surface area contributed by atoms with Crippen LogP contribution >= 0.6 is 0 Å². The van der Waals surface area contributed by atoms with Gasteiger partial charge in [-0.15, -0.1) is 0 Å². The maximum atomic E-state index is 13.4. The van der Waals surface area contributed by atoms with E-state index in [-0.39, 0.29) is 12.1 Å².